The van der Waals surface area contributed by atoms with Gasteiger partial charge in [-0.05, 0) is 29.9 Å². The van der Waals surface area contributed by atoms with Crippen LogP contribution in [0.5, 0.6) is 0 Å². The first kappa shape index (κ1) is 14.1. The molecule has 1 atom stereocenters. The molecule has 0 saturated carbocycles. The van der Waals surface area contributed by atoms with Crippen LogP contribution in [0.4, 0.5) is 0 Å². The Labute approximate surface area is 113 Å². The Morgan fingerprint density at radius 1 is 1.53 bits per heavy atom. The predicted molar refractivity (Wildman–Crippen MR) is 73.1 cm³/mol. The molecule has 1 aliphatic heterocycles. The Morgan fingerprint density at radius 3 is 2.79 bits per heavy atom. The van der Waals surface area contributed by atoms with Gasteiger partial charge in [-0.3, -0.25) is 0 Å². The number of hydrogen-bond donors (Lipinski definition) is 2. The van der Waals surface area contributed by atoms with Gasteiger partial charge in [0.1, 0.15) is 24.2 Å². The molecule has 5 heteroatoms. The van der Waals surface area contributed by atoms with Crippen molar-refractivity contribution in [3.8, 4) is 0 Å². The first-order valence-corrected chi connectivity index (χ1v) is 6.45. The molecule has 0 aromatic carbocycles. The Hall–Kier alpha value is -1.30. The van der Waals surface area contributed by atoms with Gasteiger partial charge in [0.05, 0.1) is 0 Å². The summed E-state index contributed by atoms with van der Waals surface area (Å²) in [6.45, 7) is 7.90. The van der Waals surface area contributed by atoms with Gasteiger partial charge in [0.25, 0.3) is 0 Å². The maximum absolute atomic E-state index is 10.0. The second kappa shape index (κ2) is 5.78. The van der Waals surface area contributed by atoms with Crippen LogP contribution < -0.4 is 0 Å². The third-order valence-corrected chi connectivity index (χ3v) is 3.33. The van der Waals surface area contributed by atoms with E-state index in [9.17, 15) is 5.02 Å². The summed E-state index contributed by atoms with van der Waals surface area (Å²) in [6.07, 6.45) is 2.25. The van der Waals surface area contributed by atoms with Crippen molar-refractivity contribution in [2.75, 3.05) is 0 Å². The standard InChI is InChI=1S/C14H19BO4/c1-9(2)10(3)12-5-7-14(19-15(12)17)13-6-4-11(8-16)18-13/h4-6,9,14,16-17H,3,7-8H2,1-2H3. The molecular formula is C14H19BO4. The maximum Gasteiger partial charge on any atom is 0.491 e. The van der Waals surface area contributed by atoms with E-state index in [4.69, 9.17) is 14.2 Å². The van der Waals surface area contributed by atoms with Crippen molar-refractivity contribution in [3.05, 3.63) is 47.4 Å². The molecule has 1 unspecified atom stereocenters. The summed E-state index contributed by atoms with van der Waals surface area (Å²) in [7, 11) is -0.976. The highest BCUT2D eigenvalue weighted by atomic mass is 16.5. The fraction of sp³-hybridized carbons (Fsp3) is 0.429. The molecule has 2 rings (SSSR count). The number of rotatable bonds is 4. The van der Waals surface area contributed by atoms with Crippen molar-refractivity contribution in [1.82, 2.24) is 0 Å². The quantitative estimate of drug-likeness (QED) is 0.818. The summed E-state index contributed by atoms with van der Waals surface area (Å²) in [5.41, 5.74) is 1.64. The molecule has 19 heavy (non-hydrogen) atoms. The van der Waals surface area contributed by atoms with Crippen LogP contribution in [0.1, 0.15) is 37.9 Å². The lowest BCUT2D eigenvalue weighted by Gasteiger charge is -2.26. The third kappa shape index (κ3) is 3.00. The summed E-state index contributed by atoms with van der Waals surface area (Å²) in [5, 5.41) is 19.0. The van der Waals surface area contributed by atoms with E-state index in [2.05, 4.69) is 6.58 Å². The van der Waals surface area contributed by atoms with E-state index in [1.807, 2.05) is 19.9 Å². The van der Waals surface area contributed by atoms with Crippen LogP contribution in [0.15, 0.2) is 40.3 Å². The number of hydrogen-bond acceptors (Lipinski definition) is 4. The van der Waals surface area contributed by atoms with Crippen LogP contribution >= 0.6 is 0 Å². The van der Waals surface area contributed by atoms with Crippen molar-refractivity contribution in [1.29, 1.82) is 0 Å². The molecule has 0 amide bonds. The Kier molecular flexibility index (Phi) is 4.29. The Morgan fingerprint density at radius 2 is 2.26 bits per heavy atom. The number of aliphatic hydroxyl groups excluding tert-OH is 1. The molecule has 1 aliphatic rings. The molecule has 2 N–H and O–H groups in total. The van der Waals surface area contributed by atoms with Gasteiger partial charge in [-0.2, -0.15) is 0 Å². The van der Waals surface area contributed by atoms with Crippen molar-refractivity contribution in [2.45, 2.75) is 33.0 Å². The molecular weight excluding hydrogens is 243 g/mol. The fourth-order valence-electron chi connectivity index (χ4n) is 2.08. The molecule has 102 valence electrons. The average Bonchev–Trinajstić information content (AvgIpc) is 2.86. The lowest BCUT2D eigenvalue weighted by molar-refractivity contribution is 0.138. The summed E-state index contributed by atoms with van der Waals surface area (Å²) < 4.78 is 11.0. The second-order valence-corrected chi connectivity index (χ2v) is 5.01. The van der Waals surface area contributed by atoms with E-state index >= 15 is 0 Å². The summed E-state index contributed by atoms with van der Waals surface area (Å²) >= 11 is 0. The Balaban J connectivity index is 2.12. The highest BCUT2D eigenvalue weighted by Gasteiger charge is 2.32. The van der Waals surface area contributed by atoms with Gasteiger partial charge in [-0.15, -0.1) is 0 Å². The molecule has 4 nitrogen and oxygen atoms in total. The van der Waals surface area contributed by atoms with Gasteiger partial charge >= 0.3 is 7.12 Å². The molecule has 0 fully saturated rings. The zero-order valence-corrected chi connectivity index (χ0v) is 11.3. The summed E-state index contributed by atoms with van der Waals surface area (Å²) in [5.74, 6) is 1.38. The average molecular weight is 262 g/mol. The van der Waals surface area contributed by atoms with Crippen LogP contribution in [0, 0.1) is 5.92 Å². The molecule has 1 aromatic heterocycles. The molecule has 0 radical (unpaired) electrons. The second-order valence-electron chi connectivity index (χ2n) is 5.01. The largest absolute Gasteiger partial charge is 0.491 e. The van der Waals surface area contributed by atoms with Crippen LogP contribution in [0.25, 0.3) is 0 Å². The minimum absolute atomic E-state index is 0.138. The molecule has 0 aliphatic carbocycles. The zero-order valence-electron chi connectivity index (χ0n) is 11.3. The van der Waals surface area contributed by atoms with Gasteiger partial charge < -0.3 is 19.2 Å². The van der Waals surface area contributed by atoms with Crippen molar-refractivity contribution in [3.63, 3.8) is 0 Å². The molecule has 0 saturated heterocycles. The van der Waals surface area contributed by atoms with E-state index < -0.39 is 7.12 Å². The molecule has 1 aromatic rings. The minimum atomic E-state index is -0.976. The van der Waals surface area contributed by atoms with Crippen LogP contribution in [-0.2, 0) is 11.3 Å². The maximum atomic E-state index is 10.0. The van der Waals surface area contributed by atoms with E-state index in [0.29, 0.717) is 17.9 Å². The minimum Gasteiger partial charge on any atom is -0.461 e. The Bertz CT molecular complexity index is 489. The van der Waals surface area contributed by atoms with Crippen molar-refractivity contribution < 1.29 is 19.2 Å². The predicted octanol–water partition coefficient (Wildman–Crippen LogP) is 2.39. The topological polar surface area (TPSA) is 62.8 Å². The highest BCUT2D eigenvalue weighted by molar-refractivity contribution is 6.54. The van der Waals surface area contributed by atoms with Crippen LogP contribution in [-0.4, -0.2) is 17.2 Å². The summed E-state index contributed by atoms with van der Waals surface area (Å²) in [4.78, 5) is 0. The van der Waals surface area contributed by atoms with Crippen molar-refractivity contribution in [2.24, 2.45) is 5.92 Å². The monoisotopic (exact) mass is 262 g/mol. The van der Waals surface area contributed by atoms with E-state index in [-0.39, 0.29) is 18.6 Å². The lowest BCUT2D eigenvalue weighted by atomic mass is 9.69. The first-order chi connectivity index (χ1) is 9.02. The van der Waals surface area contributed by atoms with Gasteiger partial charge in [0, 0.05) is 0 Å². The summed E-state index contributed by atoms with van der Waals surface area (Å²) in [6, 6.07) is 3.47. The van der Waals surface area contributed by atoms with Crippen molar-refractivity contribution >= 4 is 7.12 Å². The highest BCUT2D eigenvalue weighted by Crippen LogP contribution is 2.33. The zero-order chi connectivity index (χ0) is 14.0. The normalized spacial score (nSPS) is 19.7. The molecule has 2 heterocycles. The van der Waals surface area contributed by atoms with Crippen LogP contribution in [0.3, 0.4) is 0 Å². The smallest absolute Gasteiger partial charge is 0.461 e. The van der Waals surface area contributed by atoms with Gasteiger partial charge in [0.15, 0.2) is 0 Å². The number of furan rings is 1. The first-order valence-electron chi connectivity index (χ1n) is 6.45. The molecule has 0 spiro atoms. The van der Waals surface area contributed by atoms with E-state index in [1.54, 1.807) is 12.1 Å². The lowest BCUT2D eigenvalue weighted by Crippen LogP contribution is -2.29. The van der Waals surface area contributed by atoms with Gasteiger partial charge in [-0.25, -0.2) is 0 Å². The number of aliphatic hydroxyl groups is 1. The molecule has 0 bridgehead atoms. The van der Waals surface area contributed by atoms with E-state index in [1.165, 1.54) is 0 Å². The van der Waals surface area contributed by atoms with Crippen LogP contribution in [0.2, 0.25) is 0 Å². The van der Waals surface area contributed by atoms with Gasteiger partial charge in [0.2, 0.25) is 0 Å². The third-order valence-electron chi connectivity index (χ3n) is 3.33. The number of allylic oxidation sites excluding steroid dienone is 2. The van der Waals surface area contributed by atoms with E-state index in [0.717, 1.165) is 11.0 Å². The van der Waals surface area contributed by atoms with Gasteiger partial charge in [-0.1, -0.05) is 32.1 Å². The SMILES string of the molecule is C=C(C1=CCC(c2ccc(CO)o2)OB1O)C(C)C. The fourth-order valence-corrected chi connectivity index (χ4v) is 2.08.